The lowest BCUT2D eigenvalue weighted by Gasteiger charge is -2.21. The number of phosphoric ester groups is 2. The van der Waals surface area contributed by atoms with E-state index in [0.29, 0.717) is 19.3 Å². The number of ether oxygens (including phenoxy) is 3. The van der Waals surface area contributed by atoms with Crippen molar-refractivity contribution in [1.29, 1.82) is 0 Å². The number of hydrogen-bond acceptors (Lipinski definition) is 14. The summed E-state index contributed by atoms with van der Waals surface area (Å²) < 4.78 is 60.8. The molecule has 5 atom stereocenters. The van der Waals surface area contributed by atoms with Gasteiger partial charge in [0.05, 0.1) is 26.4 Å². The fourth-order valence-corrected chi connectivity index (χ4v) is 10.2. The highest BCUT2D eigenvalue weighted by molar-refractivity contribution is 7.47. The van der Waals surface area contributed by atoms with E-state index < -0.39 is 91.5 Å². The molecule has 0 saturated heterocycles. The average molecular weight is 1320 g/mol. The Labute approximate surface area is 550 Å². The summed E-state index contributed by atoms with van der Waals surface area (Å²) in [4.78, 5) is 58.3. The highest BCUT2D eigenvalue weighted by Crippen LogP contribution is 2.45. The largest absolute Gasteiger partial charge is 0.472 e. The van der Waals surface area contributed by atoms with E-state index >= 15 is 0 Å². The summed E-state index contributed by atoms with van der Waals surface area (Å²) >= 11 is 0. The van der Waals surface area contributed by atoms with Crippen LogP contribution in [0.2, 0.25) is 0 Å². The van der Waals surface area contributed by atoms with Crippen LogP contribution in [0.25, 0.3) is 0 Å². The topological polar surface area (TPSA) is 231 Å². The zero-order valence-electron chi connectivity index (χ0n) is 56.2. The van der Waals surface area contributed by atoms with E-state index in [9.17, 15) is 43.5 Å². The number of aliphatic hydroxyl groups is 2. The summed E-state index contributed by atoms with van der Waals surface area (Å²) in [6, 6.07) is 0. The number of rotatable bonds is 64. The van der Waals surface area contributed by atoms with Gasteiger partial charge >= 0.3 is 33.6 Å². The zero-order chi connectivity index (χ0) is 66.7. The van der Waals surface area contributed by atoms with Gasteiger partial charge in [-0.25, -0.2) is 9.13 Å². The molecule has 0 saturated carbocycles. The monoisotopic (exact) mass is 1320 g/mol. The summed E-state index contributed by atoms with van der Waals surface area (Å²) in [5.41, 5.74) is 0. The molecule has 18 heteroatoms. The van der Waals surface area contributed by atoms with E-state index in [4.69, 9.17) is 32.3 Å². The van der Waals surface area contributed by atoms with Crippen LogP contribution in [0.5, 0.6) is 0 Å². The van der Waals surface area contributed by atoms with E-state index in [1.807, 2.05) is 0 Å². The molecule has 0 amide bonds. The van der Waals surface area contributed by atoms with Crippen molar-refractivity contribution in [2.75, 3.05) is 39.6 Å². The second kappa shape index (κ2) is 65.7. The highest BCUT2D eigenvalue weighted by Gasteiger charge is 2.29. The second-order valence-electron chi connectivity index (χ2n) is 22.6. The Morgan fingerprint density at radius 2 is 0.582 bits per heavy atom. The van der Waals surface area contributed by atoms with Crippen LogP contribution in [0.4, 0.5) is 0 Å². The van der Waals surface area contributed by atoms with Crippen LogP contribution in [0, 0.1) is 0 Å². The molecular formula is C73H122O16P2. The first-order valence-corrected chi connectivity index (χ1v) is 37.5. The summed E-state index contributed by atoms with van der Waals surface area (Å²) in [6.45, 7) is 2.35. The molecule has 0 aliphatic rings. The number of hydrogen-bond donors (Lipinski definition) is 4. The van der Waals surface area contributed by atoms with Gasteiger partial charge in [-0.05, 0) is 135 Å². The minimum Gasteiger partial charge on any atom is -0.463 e. The summed E-state index contributed by atoms with van der Waals surface area (Å²) in [6.07, 6.45) is 76.5. The van der Waals surface area contributed by atoms with Gasteiger partial charge in [-0.1, -0.05) is 231 Å². The van der Waals surface area contributed by atoms with Gasteiger partial charge in [0.2, 0.25) is 0 Å². The van der Waals surface area contributed by atoms with Crippen LogP contribution in [0.3, 0.4) is 0 Å². The van der Waals surface area contributed by atoms with Crippen LogP contribution >= 0.6 is 15.6 Å². The molecule has 0 rings (SSSR count). The SMILES string of the molecule is CC/C=C\C/C=C\C/C=C\C/C=C\C/C=C\C/C=C\CCCCCCCCC(=O)OCC(O)COP(=O)(O)OCC(O)COP(=O)(O)OCC(COC(=O)CCCCCC/C=C\C/C=C\C/C=C\C/C=C\CC)OC(=O)CCCCCCC/C=C\CCCCCC. The number of allylic oxidation sites excluding steroid dienone is 22. The van der Waals surface area contributed by atoms with E-state index in [0.717, 1.165) is 167 Å². The molecule has 0 radical (unpaired) electrons. The molecule has 0 aromatic carbocycles. The van der Waals surface area contributed by atoms with Crippen LogP contribution in [-0.4, -0.2) is 95.9 Å². The van der Waals surface area contributed by atoms with E-state index in [1.54, 1.807) is 0 Å². The van der Waals surface area contributed by atoms with Crippen molar-refractivity contribution in [3.8, 4) is 0 Å². The van der Waals surface area contributed by atoms with Gasteiger partial charge in [0.25, 0.3) is 0 Å². The number of unbranched alkanes of at least 4 members (excludes halogenated alkanes) is 19. The fourth-order valence-electron chi connectivity index (χ4n) is 8.62. The van der Waals surface area contributed by atoms with Gasteiger partial charge in [-0.3, -0.25) is 32.5 Å². The molecule has 0 aromatic heterocycles. The Kier molecular flexibility index (Phi) is 62.6. The third-order valence-electron chi connectivity index (χ3n) is 13.8. The number of aliphatic hydroxyl groups excluding tert-OH is 2. The lowest BCUT2D eigenvalue weighted by Crippen LogP contribution is -2.30. The van der Waals surface area contributed by atoms with E-state index in [2.05, 4.69) is 154 Å². The van der Waals surface area contributed by atoms with Gasteiger partial charge in [-0.15, -0.1) is 0 Å². The molecule has 520 valence electrons. The molecular weight excluding hydrogens is 1190 g/mol. The van der Waals surface area contributed by atoms with Crippen molar-refractivity contribution >= 4 is 33.6 Å². The third kappa shape index (κ3) is 66.9. The van der Waals surface area contributed by atoms with Gasteiger partial charge < -0.3 is 34.2 Å². The normalized spacial score (nSPS) is 15.0. The first kappa shape index (κ1) is 86.7. The fraction of sp³-hybridized carbons (Fsp3) is 0.658. The first-order valence-electron chi connectivity index (χ1n) is 34.5. The van der Waals surface area contributed by atoms with Crippen molar-refractivity contribution < 1.29 is 75.8 Å². The Bertz CT molecular complexity index is 2190. The molecule has 0 aliphatic carbocycles. The maximum Gasteiger partial charge on any atom is 0.472 e. The minimum absolute atomic E-state index is 0.0854. The first-order chi connectivity index (χ1) is 44.2. The molecule has 16 nitrogen and oxygen atoms in total. The number of esters is 3. The number of phosphoric acid groups is 2. The van der Waals surface area contributed by atoms with Crippen molar-refractivity contribution in [1.82, 2.24) is 0 Å². The van der Waals surface area contributed by atoms with Crippen LogP contribution in [0.1, 0.15) is 252 Å². The Hall–Kier alpha value is -4.31. The smallest absolute Gasteiger partial charge is 0.463 e. The van der Waals surface area contributed by atoms with E-state index in [-0.39, 0.29) is 19.3 Å². The standard InChI is InChI=1S/C73H122O16P2/c1-4-7-10-13-16-19-22-25-27-29-30-31-32-33-34-35-36-38-40-42-44-47-50-53-56-59-71(76)83-62-68(74)63-85-90(79,80)86-64-69(75)65-87-91(81,82)88-67-70(89-73(78)61-58-55-52-49-46-41-24-21-18-15-12-9-6-3)66-84-72(77)60-57-54-51-48-45-43-39-37-28-26-23-20-17-14-11-8-5-2/h7-8,10-11,16-17,19-21,24-28,30-31,33-34,36,38-39,43,68-70,74-75H,4-6,9,12-15,18,22-23,29,32,35,37,40-42,44-67H2,1-3H3,(H,79,80)(H,81,82)/b10-7-,11-8-,19-16-,20-17-,24-21-,27-25-,28-26-,31-30-,34-33-,38-36-,43-39-. The quantitative estimate of drug-likeness (QED) is 0.0146. The molecule has 91 heavy (non-hydrogen) atoms. The molecule has 0 spiro atoms. The summed E-state index contributed by atoms with van der Waals surface area (Å²) in [5, 5.41) is 20.5. The molecule has 0 heterocycles. The predicted molar refractivity (Wildman–Crippen MR) is 371 cm³/mol. The van der Waals surface area contributed by atoms with E-state index in [1.165, 1.54) is 25.7 Å². The Morgan fingerprint density at radius 1 is 0.319 bits per heavy atom. The molecule has 0 aromatic rings. The van der Waals surface area contributed by atoms with Crippen LogP contribution < -0.4 is 0 Å². The summed E-state index contributed by atoms with van der Waals surface area (Å²) in [7, 11) is -9.79. The van der Waals surface area contributed by atoms with Crippen molar-refractivity contribution in [3.05, 3.63) is 134 Å². The van der Waals surface area contributed by atoms with Gasteiger partial charge in [0.15, 0.2) is 6.10 Å². The van der Waals surface area contributed by atoms with Gasteiger partial charge in [-0.2, -0.15) is 0 Å². The second-order valence-corrected chi connectivity index (χ2v) is 25.5. The molecule has 0 aliphatic heterocycles. The molecule has 5 unspecified atom stereocenters. The van der Waals surface area contributed by atoms with Crippen molar-refractivity contribution in [2.24, 2.45) is 0 Å². The maximum atomic E-state index is 12.9. The summed E-state index contributed by atoms with van der Waals surface area (Å²) in [5.74, 6) is -1.63. The molecule has 0 bridgehead atoms. The van der Waals surface area contributed by atoms with Crippen molar-refractivity contribution in [3.63, 3.8) is 0 Å². The van der Waals surface area contributed by atoms with Gasteiger partial charge in [0.1, 0.15) is 25.4 Å². The highest BCUT2D eigenvalue weighted by atomic mass is 31.2. The lowest BCUT2D eigenvalue weighted by molar-refractivity contribution is -0.161. The molecule has 0 fully saturated rings. The predicted octanol–water partition coefficient (Wildman–Crippen LogP) is 19.2. The Morgan fingerprint density at radius 3 is 0.934 bits per heavy atom. The lowest BCUT2D eigenvalue weighted by atomic mass is 10.1. The Balaban J connectivity index is 4.61. The molecule has 4 N–H and O–H groups in total. The van der Waals surface area contributed by atoms with Crippen LogP contribution in [-0.2, 0) is 55.8 Å². The van der Waals surface area contributed by atoms with Crippen molar-refractivity contribution in [2.45, 2.75) is 270 Å². The number of carbonyl (C=O) groups excluding carboxylic acids is 3. The number of carbonyl (C=O) groups is 3. The maximum absolute atomic E-state index is 12.9. The van der Waals surface area contributed by atoms with Crippen LogP contribution in [0.15, 0.2) is 134 Å². The minimum atomic E-state index is -4.93. The van der Waals surface area contributed by atoms with Gasteiger partial charge in [0, 0.05) is 19.3 Å². The third-order valence-corrected chi connectivity index (χ3v) is 15.7. The average Bonchev–Trinajstić information content (AvgIpc) is 3.75. The zero-order valence-corrected chi connectivity index (χ0v) is 58.0.